The highest BCUT2D eigenvalue weighted by Gasteiger charge is 2.16. The molecule has 0 fully saturated rings. The topological polar surface area (TPSA) is 34.9 Å². The molecule has 0 bridgehead atoms. The summed E-state index contributed by atoms with van der Waals surface area (Å²) < 4.78 is 2.87. The fourth-order valence-electron chi connectivity index (χ4n) is 1.71. The van der Waals surface area contributed by atoms with Crippen LogP contribution in [0.5, 0.6) is 0 Å². The Morgan fingerprint density at radius 3 is 2.88 bits per heavy atom. The molecule has 1 aromatic heterocycles. The van der Waals surface area contributed by atoms with Crippen molar-refractivity contribution in [2.45, 2.75) is 19.9 Å². The lowest BCUT2D eigenvalue weighted by molar-refractivity contribution is 0.102. The van der Waals surface area contributed by atoms with E-state index in [9.17, 15) is 4.79 Å². The monoisotopic (exact) mass is 340 g/mol. The van der Waals surface area contributed by atoms with Gasteiger partial charge in [0.05, 0.1) is 0 Å². The first-order valence-electron chi connectivity index (χ1n) is 5.54. The molecule has 1 aromatic carbocycles. The van der Waals surface area contributed by atoms with Gasteiger partial charge >= 0.3 is 0 Å². The number of nitrogens with zero attached hydrogens (tertiary/aromatic N) is 2. The Hall–Kier alpha value is -1.17. The van der Waals surface area contributed by atoms with Crippen LogP contribution in [0.25, 0.3) is 0 Å². The third kappa shape index (κ3) is 2.57. The van der Waals surface area contributed by atoms with Gasteiger partial charge < -0.3 is 4.57 Å². The normalized spacial score (nSPS) is 10.5. The number of halogens is 1. The lowest BCUT2D eigenvalue weighted by Crippen LogP contribution is -2.12. The van der Waals surface area contributed by atoms with Crippen LogP contribution in [0.3, 0.4) is 0 Å². The number of rotatable bonds is 4. The van der Waals surface area contributed by atoms with Crippen LogP contribution in [0.15, 0.2) is 36.7 Å². The smallest absolute Gasteiger partial charge is 0.229 e. The van der Waals surface area contributed by atoms with E-state index >= 15 is 0 Å². The third-order valence-electron chi connectivity index (χ3n) is 2.50. The van der Waals surface area contributed by atoms with Crippen LogP contribution in [0.2, 0.25) is 0 Å². The number of hydrogen-bond acceptors (Lipinski definition) is 2. The van der Waals surface area contributed by atoms with Crippen molar-refractivity contribution in [3.63, 3.8) is 0 Å². The van der Waals surface area contributed by atoms with Crippen molar-refractivity contribution in [1.82, 2.24) is 9.55 Å². The molecular formula is C13H13IN2O. The highest BCUT2D eigenvalue weighted by molar-refractivity contribution is 14.1. The molecule has 0 amide bonds. The van der Waals surface area contributed by atoms with Gasteiger partial charge in [0.25, 0.3) is 0 Å². The summed E-state index contributed by atoms with van der Waals surface area (Å²) in [7, 11) is 0. The molecule has 0 aliphatic rings. The SMILES string of the molecule is CCCn1ccnc1C(=O)c1ccccc1I. The van der Waals surface area contributed by atoms with Crippen molar-refractivity contribution in [3.8, 4) is 0 Å². The fourth-order valence-corrected chi connectivity index (χ4v) is 2.34. The minimum atomic E-state index is -0.00606. The molecule has 0 N–H and O–H groups in total. The van der Waals surface area contributed by atoms with Crippen LogP contribution in [-0.4, -0.2) is 15.3 Å². The van der Waals surface area contributed by atoms with Crippen molar-refractivity contribution in [3.05, 3.63) is 51.6 Å². The molecule has 88 valence electrons. The zero-order valence-electron chi connectivity index (χ0n) is 9.56. The third-order valence-corrected chi connectivity index (χ3v) is 3.44. The number of imidazole rings is 1. The van der Waals surface area contributed by atoms with E-state index in [4.69, 9.17) is 0 Å². The van der Waals surface area contributed by atoms with E-state index in [1.165, 1.54) is 0 Å². The molecule has 4 heteroatoms. The Kier molecular flexibility index (Phi) is 3.93. The van der Waals surface area contributed by atoms with E-state index < -0.39 is 0 Å². The summed E-state index contributed by atoms with van der Waals surface area (Å²) in [4.78, 5) is 16.5. The number of carbonyl (C=O) groups excluding carboxylic acids is 1. The largest absolute Gasteiger partial charge is 0.328 e. The van der Waals surface area contributed by atoms with Crippen LogP contribution in [0, 0.1) is 3.57 Å². The summed E-state index contributed by atoms with van der Waals surface area (Å²) in [5.74, 6) is 0.518. The number of benzene rings is 1. The first-order valence-corrected chi connectivity index (χ1v) is 6.62. The molecule has 0 aliphatic carbocycles. The Bertz CT molecular complexity index is 534. The van der Waals surface area contributed by atoms with Gasteiger partial charge in [0, 0.05) is 28.1 Å². The number of carbonyl (C=O) groups is 1. The molecule has 3 nitrogen and oxygen atoms in total. The second-order valence-electron chi connectivity index (χ2n) is 3.75. The lowest BCUT2D eigenvalue weighted by atomic mass is 10.1. The maximum Gasteiger partial charge on any atom is 0.229 e. The van der Waals surface area contributed by atoms with Gasteiger partial charge in [-0.15, -0.1) is 0 Å². The summed E-state index contributed by atoms with van der Waals surface area (Å²) in [6.45, 7) is 2.91. The molecule has 2 aromatic rings. The summed E-state index contributed by atoms with van der Waals surface area (Å²) in [6, 6.07) is 7.58. The van der Waals surface area contributed by atoms with Gasteiger partial charge in [-0.05, 0) is 41.1 Å². The van der Waals surface area contributed by atoms with Crippen LogP contribution in [-0.2, 0) is 6.54 Å². The van der Waals surface area contributed by atoms with Crippen molar-refractivity contribution in [1.29, 1.82) is 0 Å². The maximum atomic E-state index is 12.3. The van der Waals surface area contributed by atoms with Gasteiger partial charge in [0.1, 0.15) is 0 Å². The molecular weight excluding hydrogens is 327 g/mol. The van der Waals surface area contributed by atoms with Crippen LogP contribution >= 0.6 is 22.6 Å². The van der Waals surface area contributed by atoms with Gasteiger partial charge in [-0.1, -0.05) is 19.1 Å². The number of aromatic nitrogens is 2. The van der Waals surface area contributed by atoms with E-state index in [1.807, 2.05) is 35.0 Å². The summed E-state index contributed by atoms with van der Waals surface area (Å²) >= 11 is 2.18. The summed E-state index contributed by atoms with van der Waals surface area (Å²) in [5.41, 5.74) is 0.719. The lowest BCUT2D eigenvalue weighted by Gasteiger charge is -2.06. The van der Waals surface area contributed by atoms with Gasteiger partial charge in [-0.3, -0.25) is 4.79 Å². The molecule has 17 heavy (non-hydrogen) atoms. The molecule has 0 spiro atoms. The van der Waals surface area contributed by atoms with Crippen molar-refractivity contribution < 1.29 is 4.79 Å². The minimum absolute atomic E-state index is 0.00606. The predicted octanol–water partition coefficient (Wildman–Crippen LogP) is 3.13. The summed E-state index contributed by atoms with van der Waals surface area (Å²) in [6.07, 6.45) is 4.52. The van der Waals surface area contributed by atoms with Gasteiger partial charge in [-0.2, -0.15) is 0 Å². The van der Waals surface area contributed by atoms with Crippen molar-refractivity contribution >= 4 is 28.4 Å². The molecule has 0 unspecified atom stereocenters. The fraction of sp³-hybridized carbons (Fsp3) is 0.231. The second kappa shape index (κ2) is 5.44. The number of aryl methyl sites for hydroxylation is 1. The predicted molar refractivity (Wildman–Crippen MR) is 75.1 cm³/mol. The molecule has 0 saturated carbocycles. The van der Waals surface area contributed by atoms with E-state index in [1.54, 1.807) is 6.20 Å². The van der Waals surface area contributed by atoms with E-state index in [-0.39, 0.29) is 5.78 Å². The van der Waals surface area contributed by atoms with E-state index in [2.05, 4.69) is 34.5 Å². The molecule has 0 saturated heterocycles. The maximum absolute atomic E-state index is 12.3. The second-order valence-corrected chi connectivity index (χ2v) is 4.92. The quantitative estimate of drug-likeness (QED) is 0.633. The first kappa shape index (κ1) is 12.3. The van der Waals surface area contributed by atoms with Crippen LogP contribution in [0.1, 0.15) is 29.5 Å². The Morgan fingerprint density at radius 2 is 2.18 bits per heavy atom. The van der Waals surface area contributed by atoms with Crippen molar-refractivity contribution in [2.24, 2.45) is 0 Å². The van der Waals surface area contributed by atoms with Gasteiger partial charge in [-0.25, -0.2) is 4.98 Å². The molecule has 0 atom stereocenters. The first-order chi connectivity index (χ1) is 8.24. The van der Waals surface area contributed by atoms with Crippen molar-refractivity contribution in [2.75, 3.05) is 0 Å². The number of ketones is 1. The average molecular weight is 340 g/mol. The van der Waals surface area contributed by atoms with E-state index in [0.29, 0.717) is 5.82 Å². The highest BCUT2D eigenvalue weighted by Crippen LogP contribution is 2.15. The molecule has 0 aliphatic heterocycles. The Morgan fingerprint density at radius 1 is 1.41 bits per heavy atom. The summed E-state index contributed by atoms with van der Waals surface area (Å²) in [5, 5.41) is 0. The van der Waals surface area contributed by atoms with Gasteiger partial charge in [0.15, 0.2) is 5.82 Å². The Balaban J connectivity index is 2.37. The van der Waals surface area contributed by atoms with Crippen LogP contribution in [0.4, 0.5) is 0 Å². The average Bonchev–Trinajstić information content (AvgIpc) is 2.78. The zero-order valence-corrected chi connectivity index (χ0v) is 11.7. The standard InChI is InChI=1S/C13H13IN2O/c1-2-8-16-9-7-15-13(16)12(17)10-5-3-4-6-11(10)14/h3-7,9H,2,8H2,1H3. The molecule has 2 rings (SSSR count). The minimum Gasteiger partial charge on any atom is -0.328 e. The van der Waals surface area contributed by atoms with Gasteiger partial charge in [0.2, 0.25) is 5.78 Å². The van der Waals surface area contributed by atoms with E-state index in [0.717, 1.165) is 22.1 Å². The Labute approximate surface area is 114 Å². The van der Waals surface area contributed by atoms with Crippen LogP contribution < -0.4 is 0 Å². The zero-order chi connectivity index (χ0) is 12.3. The molecule has 1 heterocycles. The number of hydrogen-bond donors (Lipinski definition) is 0. The molecule has 0 radical (unpaired) electrons. The highest BCUT2D eigenvalue weighted by atomic mass is 127.